The molecule has 2 rings (SSSR count). The summed E-state index contributed by atoms with van der Waals surface area (Å²) in [7, 11) is 0. The standard InChI is InChI=1S/C13H16FN3/c1-9-6-17(8-13(9)16)7-10-2-3-12(14)4-11(10)5-15/h2-4,9,13H,6-8,16H2,1H3. The Labute approximate surface area is 101 Å². The predicted molar refractivity (Wildman–Crippen MR) is 63.5 cm³/mol. The van der Waals surface area contributed by atoms with Crippen LogP contribution in [-0.2, 0) is 6.54 Å². The zero-order valence-electron chi connectivity index (χ0n) is 9.86. The molecule has 1 fully saturated rings. The van der Waals surface area contributed by atoms with E-state index in [-0.39, 0.29) is 11.9 Å². The summed E-state index contributed by atoms with van der Waals surface area (Å²) in [5, 5.41) is 8.96. The van der Waals surface area contributed by atoms with Crippen LogP contribution in [0.2, 0.25) is 0 Å². The number of benzene rings is 1. The van der Waals surface area contributed by atoms with E-state index >= 15 is 0 Å². The molecule has 4 heteroatoms. The van der Waals surface area contributed by atoms with Gasteiger partial charge in [-0.25, -0.2) is 4.39 Å². The molecule has 2 unspecified atom stereocenters. The van der Waals surface area contributed by atoms with E-state index < -0.39 is 0 Å². The molecule has 0 radical (unpaired) electrons. The number of hydrogen-bond acceptors (Lipinski definition) is 3. The lowest BCUT2D eigenvalue weighted by molar-refractivity contribution is 0.318. The Balaban J connectivity index is 2.12. The van der Waals surface area contributed by atoms with Gasteiger partial charge in [-0.05, 0) is 23.6 Å². The van der Waals surface area contributed by atoms with Gasteiger partial charge in [-0.3, -0.25) is 4.90 Å². The maximum absolute atomic E-state index is 13.0. The SMILES string of the molecule is CC1CN(Cc2ccc(F)cc2C#N)CC1N. The van der Waals surface area contributed by atoms with Crippen molar-refractivity contribution in [3.63, 3.8) is 0 Å². The third kappa shape index (κ3) is 2.63. The van der Waals surface area contributed by atoms with Crippen LogP contribution in [0.5, 0.6) is 0 Å². The van der Waals surface area contributed by atoms with Gasteiger partial charge in [0.2, 0.25) is 0 Å². The molecule has 1 heterocycles. The fourth-order valence-electron chi connectivity index (χ4n) is 2.26. The Morgan fingerprint density at radius 3 is 2.88 bits per heavy atom. The molecule has 1 aliphatic heterocycles. The zero-order valence-corrected chi connectivity index (χ0v) is 9.86. The molecule has 2 atom stereocenters. The molecule has 0 spiro atoms. The minimum absolute atomic E-state index is 0.195. The summed E-state index contributed by atoms with van der Waals surface area (Å²) in [5.41, 5.74) is 7.24. The second-order valence-electron chi connectivity index (χ2n) is 4.75. The van der Waals surface area contributed by atoms with Gasteiger partial charge >= 0.3 is 0 Å². The maximum Gasteiger partial charge on any atom is 0.124 e. The summed E-state index contributed by atoms with van der Waals surface area (Å²) >= 11 is 0. The lowest BCUT2D eigenvalue weighted by atomic mass is 10.1. The molecular formula is C13H16FN3. The molecular weight excluding hydrogens is 217 g/mol. The number of halogens is 1. The molecule has 1 saturated heterocycles. The molecule has 0 saturated carbocycles. The number of nitrogens with zero attached hydrogens (tertiary/aromatic N) is 2. The van der Waals surface area contributed by atoms with Gasteiger partial charge < -0.3 is 5.73 Å². The van der Waals surface area contributed by atoms with Crippen LogP contribution < -0.4 is 5.73 Å². The number of hydrogen-bond donors (Lipinski definition) is 1. The molecule has 90 valence electrons. The molecule has 1 aromatic carbocycles. The Kier molecular flexibility index (Phi) is 3.41. The summed E-state index contributed by atoms with van der Waals surface area (Å²) < 4.78 is 13.0. The fraction of sp³-hybridized carbons (Fsp3) is 0.462. The molecule has 0 bridgehead atoms. The first-order valence-electron chi connectivity index (χ1n) is 5.76. The lowest BCUT2D eigenvalue weighted by Crippen LogP contribution is -2.28. The van der Waals surface area contributed by atoms with Gasteiger partial charge in [-0.1, -0.05) is 13.0 Å². The molecule has 0 aliphatic carbocycles. The van der Waals surface area contributed by atoms with Crippen molar-refractivity contribution in [2.45, 2.75) is 19.5 Å². The van der Waals surface area contributed by atoms with Crippen molar-refractivity contribution in [2.75, 3.05) is 13.1 Å². The first-order chi connectivity index (χ1) is 8.10. The molecule has 3 nitrogen and oxygen atoms in total. The van der Waals surface area contributed by atoms with E-state index in [0.29, 0.717) is 18.0 Å². The highest BCUT2D eigenvalue weighted by atomic mass is 19.1. The summed E-state index contributed by atoms with van der Waals surface area (Å²) in [6, 6.07) is 6.60. The van der Waals surface area contributed by atoms with Gasteiger partial charge in [0.1, 0.15) is 5.82 Å². The van der Waals surface area contributed by atoms with Crippen molar-refractivity contribution in [1.29, 1.82) is 5.26 Å². The van der Waals surface area contributed by atoms with E-state index in [2.05, 4.69) is 11.8 Å². The summed E-state index contributed by atoms with van der Waals surface area (Å²) in [6.07, 6.45) is 0. The number of nitrogens with two attached hydrogens (primary N) is 1. The minimum Gasteiger partial charge on any atom is -0.326 e. The third-order valence-electron chi connectivity index (χ3n) is 3.33. The normalized spacial score (nSPS) is 24.8. The van der Waals surface area contributed by atoms with Crippen LogP contribution in [0.4, 0.5) is 4.39 Å². The van der Waals surface area contributed by atoms with Crippen LogP contribution in [0, 0.1) is 23.1 Å². The molecule has 1 aromatic rings. The lowest BCUT2D eigenvalue weighted by Gasteiger charge is -2.16. The quantitative estimate of drug-likeness (QED) is 0.841. The van der Waals surface area contributed by atoms with E-state index in [1.54, 1.807) is 6.07 Å². The van der Waals surface area contributed by atoms with Crippen LogP contribution >= 0.6 is 0 Å². The Morgan fingerprint density at radius 1 is 1.53 bits per heavy atom. The fourth-order valence-corrected chi connectivity index (χ4v) is 2.26. The van der Waals surface area contributed by atoms with Gasteiger partial charge in [0.05, 0.1) is 11.6 Å². The van der Waals surface area contributed by atoms with Crippen molar-refractivity contribution >= 4 is 0 Å². The van der Waals surface area contributed by atoms with Crippen molar-refractivity contribution in [3.05, 3.63) is 35.1 Å². The highest BCUT2D eigenvalue weighted by Crippen LogP contribution is 2.19. The second-order valence-corrected chi connectivity index (χ2v) is 4.75. The van der Waals surface area contributed by atoms with Gasteiger partial charge in [0.15, 0.2) is 0 Å². The van der Waals surface area contributed by atoms with E-state index in [9.17, 15) is 4.39 Å². The largest absolute Gasteiger partial charge is 0.326 e. The van der Waals surface area contributed by atoms with Crippen molar-refractivity contribution in [1.82, 2.24) is 4.90 Å². The summed E-state index contributed by atoms with van der Waals surface area (Å²) in [4.78, 5) is 2.21. The predicted octanol–water partition coefficient (Wildman–Crippen LogP) is 1.48. The van der Waals surface area contributed by atoms with Gasteiger partial charge in [-0.2, -0.15) is 5.26 Å². The Bertz CT molecular complexity index is 442. The average molecular weight is 233 g/mol. The number of likely N-dealkylation sites (tertiary alicyclic amines) is 1. The van der Waals surface area contributed by atoms with Crippen LogP contribution in [0.15, 0.2) is 18.2 Å². The van der Waals surface area contributed by atoms with Crippen LogP contribution in [-0.4, -0.2) is 24.0 Å². The highest BCUT2D eigenvalue weighted by Gasteiger charge is 2.26. The molecule has 1 aliphatic rings. The Hall–Kier alpha value is -1.44. The number of rotatable bonds is 2. The van der Waals surface area contributed by atoms with Crippen molar-refractivity contribution in [3.8, 4) is 6.07 Å². The van der Waals surface area contributed by atoms with Crippen LogP contribution in [0.1, 0.15) is 18.1 Å². The van der Waals surface area contributed by atoms with Gasteiger partial charge in [0.25, 0.3) is 0 Å². The zero-order chi connectivity index (χ0) is 12.4. The van der Waals surface area contributed by atoms with E-state index in [4.69, 9.17) is 11.0 Å². The van der Waals surface area contributed by atoms with Crippen LogP contribution in [0.3, 0.4) is 0 Å². The van der Waals surface area contributed by atoms with E-state index in [1.165, 1.54) is 12.1 Å². The molecule has 2 N–H and O–H groups in total. The average Bonchev–Trinajstić information content (AvgIpc) is 2.60. The first-order valence-corrected chi connectivity index (χ1v) is 5.76. The van der Waals surface area contributed by atoms with E-state index in [0.717, 1.165) is 18.7 Å². The molecule has 0 aromatic heterocycles. The summed E-state index contributed by atoms with van der Waals surface area (Å²) in [6.45, 7) is 4.56. The monoisotopic (exact) mass is 233 g/mol. The van der Waals surface area contributed by atoms with Crippen LogP contribution in [0.25, 0.3) is 0 Å². The maximum atomic E-state index is 13.0. The van der Waals surface area contributed by atoms with Gasteiger partial charge in [-0.15, -0.1) is 0 Å². The van der Waals surface area contributed by atoms with Gasteiger partial charge in [0, 0.05) is 25.7 Å². The summed E-state index contributed by atoms with van der Waals surface area (Å²) in [5.74, 6) is 0.109. The highest BCUT2D eigenvalue weighted by molar-refractivity contribution is 5.37. The minimum atomic E-state index is -0.364. The smallest absolute Gasteiger partial charge is 0.124 e. The second kappa shape index (κ2) is 4.82. The van der Waals surface area contributed by atoms with E-state index in [1.807, 2.05) is 6.07 Å². The molecule has 17 heavy (non-hydrogen) atoms. The number of nitriles is 1. The Morgan fingerprint density at radius 2 is 2.29 bits per heavy atom. The first kappa shape index (κ1) is 12.0. The third-order valence-corrected chi connectivity index (χ3v) is 3.33. The topological polar surface area (TPSA) is 53.0 Å². The molecule has 0 amide bonds. The van der Waals surface area contributed by atoms with Crippen molar-refractivity contribution < 1.29 is 4.39 Å². The van der Waals surface area contributed by atoms with Crippen molar-refractivity contribution in [2.24, 2.45) is 11.7 Å².